The lowest BCUT2D eigenvalue weighted by Crippen LogP contribution is -2.40. The maximum Gasteiger partial charge on any atom is 0.407 e. The van der Waals surface area contributed by atoms with Crippen LogP contribution in [0.2, 0.25) is 10.0 Å². The minimum atomic E-state index is -3.62. The van der Waals surface area contributed by atoms with Crippen molar-refractivity contribution in [2.75, 3.05) is 18.8 Å². The maximum atomic E-state index is 13.4. The molecule has 1 aromatic heterocycles. The van der Waals surface area contributed by atoms with Gasteiger partial charge in [0.25, 0.3) is 5.56 Å². The molecule has 1 aliphatic heterocycles. The first-order valence-corrected chi connectivity index (χ1v) is 15.3. The zero-order valence-corrected chi connectivity index (χ0v) is 25.0. The Bertz CT molecular complexity index is 1680. The summed E-state index contributed by atoms with van der Waals surface area (Å²) < 4.78 is 31.5. The number of amides is 1. The molecule has 2 N–H and O–H groups in total. The average molecular weight is 612 g/mol. The van der Waals surface area contributed by atoms with Gasteiger partial charge in [0.1, 0.15) is 5.60 Å². The van der Waals surface area contributed by atoms with E-state index in [0.29, 0.717) is 29.2 Å². The molecule has 3 aromatic rings. The van der Waals surface area contributed by atoms with Gasteiger partial charge in [0.15, 0.2) is 9.84 Å². The number of ether oxygens (including phenoxy) is 1. The van der Waals surface area contributed by atoms with Crippen molar-refractivity contribution in [1.29, 1.82) is 0 Å². The molecule has 1 atom stereocenters. The van der Waals surface area contributed by atoms with Crippen molar-refractivity contribution in [3.8, 4) is 0 Å². The van der Waals surface area contributed by atoms with E-state index in [9.17, 15) is 22.8 Å². The smallest absolute Gasteiger partial charge is 0.407 e. The first kappa shape index (κ1) is 30.1. The summed E-state index contributed by atoms with van der Waals surface area (Å²) in [4.78, 5) is 43.3. The van der Waals surface area contributed by atoms with Gasteiger partial charge in [-0.15, -0.1) is 0 Å². The summed E-state index contributed by atoms with van der Waals surface area (Å²) in [5.74, 6) is -0.141. The van der Waals surface area contributed by atoms with E-state index >= 15 is 0 Å². The Labute approximate surface area is 242 Å². The van der Waals surface area contributed by atoms with E-state index in [1.165, 1.54) is 31.2 Å². The van der Waals surface area contributed by atoms with Crippen molar-refractivity contribution < 1.29 is 17.9 Å². The van der Waals surface area contributed by atoms with Crippen molar-refractivity contribution in [2.45, 2.75) is 63.7 Å². The number of alkyl carbamates (subject to hydrolysis) is 1. The van der Waals surface area contributed by atoms with Crippen molar-refractivity contribution in [3.05, 3.63) is 72.3 Å². The number of H-pyrrole nitrogens is 1. The van der Waals surface area contributed by atoms with Gasteiger partial charge in [-0.3, -0.25) is 14.3 Å². The van der Waals surface area contributed by atoms with E-state index in [1.807, 2.05) is 0 Å². The number of fused-ring (bicyclic) bond motifs is 1. The second kappa shape index (κ2) is 11.6. The second-order valence-corrected chi connectivity index (χ2v) is 13.9. The third-order valence-electron chi connectivity index (χ3n) is 6.60. The van der Waals surface area contributed by atoms with Crippen molar-refractivity contribution in [3.63, 3.8) is 0 Å². The predicted molar refractivity (Wildman–Crippen MR) is 155 cm³/mol. The van der Waals surface area contributed by atoms with Crippen LogP contribution in [0.25, 0.3) is 10.9 Å². The third-order valence-corrected chi connectivity index (χ3v) is 9.02. The highest BCUT2D eigenvalue weighted by molar-refractivity contribution is 7.91. The first-order valence-electron chi connectivity index (χ1n) is 12.8. The molecule has 40 heavy (non-hydrogen) atoms. The summed E-state index contributed by atoms with van der Waals surface area (Å²) in [7, 11) is -3.62. The Morgan fingerprint density at radius 3 is 2.52 bits per heavy atom. The van der Waals surface area contributed by atoms with E-state index in [2.05, 4.69) is 15.2 Å². The lowest BCUT2D eigenvalue weighted by atomic mass is 10.1. The minimum absolute atomic E-state index is 0.0178. The van der Waals surface area contributed by atoms with Gasteiger partial charge in [-0.2, -0.15) is 0 Å². The first-order chi connectivity index (χ1) is 18.7. The molecule has 4 rings (SSSR count). The summed E-state index contributed by atoms with van der Waals surface area (Å²) in [5.41, 5.74) is -0.595. The van der Waals surface area contributed by atoms with Crippen LogP contribution in [0.3, 0.4) is 0 Å². The van der Waals surface area contributed by atoms with Gasteiger partial charge in [-0.1, -0.05) is 30.1 Å². The number of nitrogens with one attached hydrogen (secondary N) is 2. The minimum Gasteiger partial charge on any atom is -0.444 e. The number of likely N-dealkylation sites (tertiary alicyclic amines) is 1. The van der Waals surface area contributed by atoms with Crippen molar-refractivity contribution >= 4 is 50.0 Å². The molecule has 0 aliphatic carbocycles. The average Bonchev–Trinajstić information content (AvgIpc) is 3.28. The lowest BCUT2D eigenvalue weighted by molar-refractivity contribution is 0.0505. The van der Waals surface area contributed by atoms with E-state index in [4.69, 9.17) is 27.9 Å². The fourth-order valence-corrected chi connectivity index (χ4v) is 6.22. The zero-order valence-electron chi connectivity index (χ0n) is 22.7. The standard InChI is InChI=1S/C27H32Cl2N4O6S/c1-5-40(37,38)23-7-6-18(28)10-17(23)14-33-24(34)20-12-21(29)16(11-22(20)31-25(33)35)13-32-9-8-19(15-32)30-26(36)39-27(2,3)4/h6-7,10-12,19H,5,8-9,13-15H2,1-4H3,(H,30,36)(H,31,35). The molecule has 0 radical (unpaired) electrons. The number of hydrogen-bond acceptors (Lipinski definition) is 7. The van der Waals surface area contributed by atoms with Crippen LogP contribution in [-0.4, -0.2) is 59.4 Å². The van der Waals surface area contributed by atoms with Crippen LogP contribution in [0.1, 0.15) is 45.2 Å². The Morgan fingerprint density at radius 1 is 1.12 bits per heavy atom. The maximum absolute atomic E-state index is 13.4. The van der Waals surface area contributed by atoms with Gasteiger partial charge in [-0.25, -0.2) is 18.0 Å². The number of sulfone groups is 1. The van der Waals surface area contributed by atoms with Crippen LogP contribution >= 0.6 is 23.2 Å². The monoisotopic (exact) mass is 610 g/mol. The molecule has 216 valence electrons. The number of carbonyl (C=O) groups is 1. The summed E-state index contributed by atoms with van der Waals surface area (Å²) >= 11 is 12.7. The van der Waals surface area contributed by atoms with Crippen LogP contribution in [0.4, 0.5) is 4.79 Å². The fourth-order valence-electron chi connectivity index (χ4n) is 4.69. The molecule has 1 aliphatic rings. The van der Waals surface area contributed by atoms with E-state index in [0.717, 1.165) is 17.5 Å². The molecular formula is C27H32Cl2N4O6S. The number of hydrogen-bond donors (Lipinski definition) is 2. The van der Waals surface area contributed by atoms with Gasteiger partial charge in [-0.05, 0) is 68.7 Å². The molecule has 2 heterocycles. The van der Waals surface area contributed by atoms with E-state index < -0.39 is 32.8 Å². The van der Waals surface area contributed by atoms with Crippen LogP contribution in [0.5, 0.6) is 0 Å². The number of aromatic nitrogens is 2. The van der Waals surface area contributed by atoms with Crippen LogP contribution in [-0.2, 0) is 27.7 Å². The fraction of sp³-hybridized carbons (Fsp3) is 0.444. The second-order valence-electron chi connectivity index (χ2n) is 10.8. The van der Waals surface area contributed by atoms with Crippen molar-refractivity contribution in [2.24, 2.45) is 0 Å². The zero-order chi connectivity index (χ0) is 29.4. The molecule has 0 spiro atoms. The van der Waals surface area contributed by atoms with Crippen molar-refractivity contribution in [1.82, 2.24) is 19.8 Å². The third kappa shape index (κ3) is 6.88. The molecule has 0 bridgehead atoms. The van der Waals surface area contributed by atoms with Gasteiger partial charge in [0.05, 0.1) is 28.1 Å². The Hall–Kier alpha value is -2.86. The Kier molecular flexibility index (Phi) is 8.70. The van der Waals surface area contributed by atoms with Crippen LogP contribution in [0, 0.1) is 0 Å². The predicted octanol–water partition coefficient (Wildman–Crippen LogP) is 3.94. The number of rotatable bonds is 7. The Balaban J connectivity index is 1.58. The van der Waals surface area contributed by atoms with Gasteiger partial charge in [0, 0.05) is 35.7 Å². The van der Waals surface area contributed by atoms with Gasteiger partial charge < -0.3 is 15.0 Å². The highest BCUT2D eigenvalue weighted by atomic mass is 35.5. The normalized spacial score (nSPS) is 16.4. The Morgan fingerprint density at radius 2 is 1.85 bits per heavy atom. The number of nitrogens with zero attached hydrogens (tertiary/aromatic N) is 2. The summed E-state index contributed by atoms with van der Waals surface area (Å²) in [6.45, 7) is 8.41. The van der Waals surface area contributed by atoms with E-state index in [-0.39, 0.29) is 39.2 Å². The SMILES string of the molecule is CCS(=O)(=O)c1ccc(Cl)cc1Cn1c(=O)[nH]c2cc(CN3CCC(NC(=O)OC(C)(C)C)C3)c(Cl)cc2c1=O. The van der Waals surface area contributed by atoms with Gasteiger partial charge >= 0.3 is 11.8 Å². The van der Waals surface area contributed by atoms with Gasteiger partial charge in [0.2, 0.25) is 0 Å². The van der Waals surface area contributed by atoms with E-state index in [1.54, 1.807) is 26.8 Å². The number of halogens is 2. The molecule has 1 amide bonds. The van der Waals surface area contributed by atoms with Crippen LogP contribution < -0.4 is 16.6 Å². The molecular weight excluding hydrogens is 579 g/mol. The highest BCUT2D eigenvalue weighted by Gasteiger charge is 2.27. The molecule has 10 nitrogen and oxygen atoms in total. The molecule has 2 aromatic carbocycles. The molecule has 1 unspecified atom stereocenters. The quantitative estimate of drug-likeness (QED) is 0.414. The van der Waals surface area contributed by atoms with Crippen LogP contribution in [0.15, 0.2) is 44.8 Å². The molecule has 0 saturated carbocycles. The lowest BCUT2D eigenvalue weighted by Gasteiger charge is -2.22. The highest BCUT2D eigenvalue weighted by Crippen LogP contribution is 2.25. The molecule has 1 fully saturated rings. The number of aromatic amines is 1. The topological polar surface area (TPSA) is 131 Å². The molecule has 13 heteroatoms. The number of benzene rings is 2. The summed E-state index contributed by atoms with van der Waals surface area (Å²) in [5, 5.41) is 3.72. The molecule has 1 saturated heterocycles. The largest absolute Gasteiger partial charge is 0.444 e. The summed E-state index contributed by atoms with van der Waals surface area (Å²) in [6, 6.07) is 7.39. The summed E-state index contributed by atoms with van der Waals surface area (Å²) in [6.07, 6.45) is 0.278. The number of carbonyl (C=O) groups excluding carboxylic acids is 1.